The summed E-state index contributed by atoms with van der Waals surface area (Å²) in [5.74, 6) is 0.794. The van der Waals surface area contributed by atoms with Gasteiger partial charge in [0, 0.05) is 0 Å². The summed E-state index contributed by atoms with van der Waals surface area (Å²) in [6, 6.07) is 29.2. The van der Waals surface area contributed by atoms with Crippen LogP contribution in [0, 0.1) is 6.92 Å². The Morgan fingerprint density at radius 2 is 1.52 bits per heavy atom. The third kappa shape index (κ3) is 7.28. The summed E-state index contributed by atoms with van der Waals surface area (Å²) in [5, 5.41) is 11.7. The smallest absolute Gasteiger partial charge is 0.247 e. The average Bonchev–Trinajstić information content (AvgIpc) is 3.36. The molecule has 222 valence electrons. The third-order valence-electron chi connectivity index (χ3n) is 7.17. The number of nitrogens with zero attached hydrogens (tertiary/aromatic N) is 1. The van der Waals surface area contributed by atoms with Gasteiger partial charge in [-0.3, -0.25) is 5.50 Å². The maximum Gasteiger partial charge on any atom is 0.247 e. The molecule has 42 heavy (non-hydrogen) atoms. The largest absolute Gasteiger partial charge is 0.338 e. The predicted molar refractivity (Wildman–Crippen MR) is 164 cm³/mol. The maximum atomic E-state index is 12.5. The molecule has 6 N–H and O–H groups in total. The molecule has 0 aliphatic carbocycles. The van der Waals surface area contributed by atoms with Crippen molar-refractivity contribution in [2.45, 2.75) is 41.2 Å². The van der Waals surface area contributed by atoms with Gasteiger partial charge >= 0.3 is 228 Å². The van der Waals surface area contributed by atoms with Crippen LogP contribution in [-0.2, 0) is 8.94 Å². The van der Waals surface area contributed by atoms with E-state index < -0.39 is 54.0 Å². The number of aliphatic hydroxyl groups excluding tert-OH is 1. The topological polar surface area (TPSA) is 160 Å². The Balaban J connectivity index is 0.000000952. The zero-order valence-electron chi connectivity index (χ0n) is 23.3. The summed E-state index contributed by atoms with van der Waals surface area (Å²) in [6.45, 7) is 1.65. The van der Waals surface area contributed by atoms with Crippen LogP contribution >= 0.6 is 8.53 Å². The van der Waals surface area contributed by atoms with Crippen molar-refractivity contribution in [2.24, 2.45) is 5.50 Å². The molecule has 0 bridgehead atoms. The number of hydrogen-bond donors (Lipinski definition) is 5. The number of nitrogens with one attached hydrogen (secondary N) is 1. The Morgan fingerprint density at radius 1 is 1.00 bits per heavy atom. The quantitative estimate of drug-likeness (QED) is 0.110. The molecule has 4 aromatic rings. The van der Waals surface area contributed by atoms with Gasteiger partial charge in [0.2, 0.25) is 8.53 Å². The maximum absolute atomic E-state index is 12.5. The number of nitrogens with two attached hydrogens (primary N) is 1. The summed E-state index contributed by atoms with van der Waals surface area (Å²) < 4.78 is 12.7. The van der Waals surface area contributed by atoms with Crippen LogP contribution in [-0.4, -0.2) is 59.5 Å². The number of methoxy groups -OCH3 is 1. The molecule has 0 radical (unpaired) electrons. The fraction of sp³-hybridized carbons (Fsp3) is 0.267. The Hall–Kier alpha value is -3.07. The number of ether oxygens (including phenoxy) is 2. The van der Waals surface area contributed by atoms with E-state index in [2.05, 4.69) is 71.2 Å². The number of aliphatic hydroxyl groups is 1. The van der Waals surface area contributed by atoms with Crippen molar-refractivity contribution in [1.29, 1.82) is 0 Å². The fourth-order valence-corrected chi connectivity index (χ4v) is 9.32. The van der Waals surface area contributed by atoms with Gasteiger partial charge in [-0.15, -0.1) is 0 Å². The second kappa shape index (κ2) is 14.4. The number of aromatic nitrogens is 2. The number of H-pyrrole nitrogens is 1. The Bertz CT molecular complexity index is 1510. The van der Waals surface area contributed by atoms with Crippen molar-refractivity contribution in [3.05, 3.63) is 134 Å². The van der Waals surface area contributed by atoms with Gasteiger partial charge in [0.05, 0.1) is 0 Å². The monoisotopic (exact) mass is 655 g/mol. The van der Waals surface area contributed by atoms with Crippen LogP contribution in [0.1, 0.15) is 34.9 Å². The normalized spacial score (nSPS) is 18.7. The molecule has 5 rings (SSSR count). The Kier molecular flexibility index (Phi) is 10.9. The van der Waals surface area contributed by atoms with Gasteiger partial charge in [0.15, 0.2) is 0 Å². The van der Waals surface area contributed by atoms with Crippen molar-refractivity contribution in [3.63, 3.8) is 0 Å². The molecule has 1 unspecified atom stereocenters. The van der Waals surface area contributed by atoms with Gasteiger partial charge in [0.1, 0.15) is 0 Å². The van der Waals surface area contributed by atoms with Crippen LogP contribution in [0.15, 0.2) is 101 Å². The predicted octanol–water partition coefficient (Wildman–Crippen LogP) is 2.51. The molecule has 1 aliphatic rings. The molecule has 1 aromatic heterocycles. The van der Waals surface area contributed by atoms with Crippen molar-refractivity contribution in [1.82, 2.24) is 9.55 Å². The number of aromatic amines is 1. The molecular formula is C30H35AsN3O7P. The molecule has 0 amide bonds. The van der Waals surface area contributed by atoms with Gasteiger partial charge in [-0.05, 0) is 0 Å². The molecule has 12 heteroatoms. The molecule has 1 fully saturated rings. The van der Waals surface area contributed by atoms with E-state index in [-0.39, 0.29) is 10.6 Å². The third-order valence-corrected chi connectivity index (χ3v) is 11.4. The zero-order chi connectivity index (χ0) is 30.3. The van der Waals surface area contributed by atoms with Crippen molar-refractivity contribution < 1.29 is 24.4 Å². The first-order chi connectivity index (χ1) is 20.1. The Labute approximate surface area is 251 Å². The molecule has 1 aliphatic heterocycles. The minimum Gasteiger partial charge on any atom is -0.338 e. The summed E-state index contributed by atoms with van der Waals surface area (Å²) in [5.41, 5.74) is 7.30. The summed E-state index contributed by atoms with van der Waals surface area (Å²) in [7, 11) is -0.459. The van der Waals surface area contributed by atoms with Gasteiger partial charge in [-0.2, -0.15) is 0 Å². The molecule has 1 saturated heterocycles. The average molecular weight is 656 g/mol. The molecule has 4 atom stereocenters. The SMILES string of the molecule is COc1ccc(C([AsH]C[C@H]2O[C@@H](n3cc(C)c(=O)[nH]c3=O)C[C@@H]2O)(c2ccccc2)c2ccccc2)cc1.NP(O)O. The van der Waals surface area contributed by atoms with Gasteiger partial charge in [0.25, 0.3) is 0 Å². The molecule has 0 saturated carbocycles. The standard InChI is InChI=1S/C30H31AsN2O5.H4NO2P/c1-20-19-33(29(36)32-28(20)35)27-17-25(34)26(38-27)18-31-30(21-9-5-3-6-10-21,22-11-7-4-8-12-22)23-13-15-24(37-2)16-14-23;1-4(2)3/h3-16,19,25-27,31,34H,17-18H2,1-2H3,(H,32,35,36);2-3H,1H2/t25-,26+,27+;/m0./s1. The molecule has 2 heterocycles. The second-order valence-electron chi connectivity index (χ2n) is 9.82. The van der Waals surface area contributed by atoms with Crippen LogP contribution in [0.4, 0.5) is 0 Å². The number of hydrogen-bond acceptors (Lipinski definition) is 8. The first-order valence-electron chi connectivity index (χ1n) is 13.2. The summed E-state index contributed by atoms with van der Waals surface area (Å²) in [4.78, 5) is 41.5. The van der Waals surface area contributed by atoms with E-state index in [0.717, 1.165) is 11.3 Å². The first kappa shape index (κ1) is 31.9. The van der Waals surface area contributed by atoms with E-state index in [1.165, 1.54) is 21.9 Å². The van der Waals surface area contributed by atoms with Crippen molar-refractivity contribution in [3.8, 4) is 5.75 Å². The minimum absolute atomic E-state index is 0.286. The molecule has 0 spiro atoms. The number of aryl methyl sites for hydroxylation is 1. The minimum atomic E-state index is -2.12. The van der Waals surface area contributed by atoms with E-state index in [1.807, 2.05) is 24.3 Å². The van der Waals surface area contributed by atoms with E-state index in [4.69, 9.17) is 19.3 Å². The van der Waals surface area contributed by atoms with Gasteiger partial charge in [-0.25, -0.2) is 0 Å². The molecule has 3 aromatic carbocycles. The Morgan fingerprint density at radius 3 is 2.05 bits per heavy atom. The van der Waals surface area contributed by atoms with Crippen LogP contribution in [0.3, 0.4) is 0 Å². The second-order valence-corrected chi connectivity index (χ2v) is 13.6. The molecular weight excluding hydrogens is 620 g/mol. The zero-order valence-corrected chi connectivity index (χ0v) is 26.2. The fourth-order valence-electron chi connectivity index (χ4n) is 5.15. The summed E-state index contributed by atoms with van der Waals surface area (Å²) in [6.07, 6.45) is 0.0157. The van der Waals surface area contributed by atoms with Gasteiger partial charge in [-0.1, -0.05) is 0 Å². The summed E-state index contributed by atoms with van der Waals surface area (Å²) >= 11 is -0.883. The van der Waals surface area contributed by atoms with E-state index in [0.29, 0.717) is 10.8 Å². The van der Waals surface area contributed by atoms with Crippen molar-refractivity contribution in [2.75, 3.05) is 7.11 Å². The van der Waals surface area contributed by atoms with Crippen LogP contribution in [0.25, 0.3) is 0 Å². The van der Waals surface area contributed by atoms with E-state index in [1.54, 1.807) is 14.0 Å². The van der Waals surface area contributed by atoms with E-state index in [9.17, 15) is 14.7 Å². The van der Waals surface area contributed by atoms with E-state index >= 15 is 0 Å². The van der Waals surface area contributed by atoms with Crippen molar-refractivity contribution >= 4 is 24.3 Å². The van der Waals surface area contributed by atoms with Crippen LogP contribution < -0.4 is 21.5 Å². The van der Waals surface area contributed by atoms with Gasteiger partial charge < -0.3 is 9.79 Å². The van der Waals surface area contributed by atoms with Crippen LogP contribution in [0.2, 0.25) is 5.21 Å². The molecule has 10 nitrogen and oxygen atoms in total. The number of rotatable bonds is 8. The first-order valence-corrected chi connectivity index (χ1v) is 17.1. The van der Waals surface area contributed by atoms with Crippen LogP contribution in [0.5, 0.6) is 5.75 Å². The number of benzene rings is 3.